The third kappa shape index (κ3) is 1.98. The molecule has 0 bridgehead atoms. The van der Waals surface area contributed by atoms with Gasteiger partial charge in [0, 0.05) is 11.1 Å². The highest BCUT2D eigenvalue weighted by molar-refractivity contribution is 8.01. The molecule has 0 atom stereocenters. The molecule has 0 spiro atoms. The second-order valence-corrected chi connectivity index (χ2v) is 7.87. The molecular weight excluding hydrogens is 294 g/mol. The molecular formula is C18H19NO2S. The lowest BCUT2D eigenvalue weighted by Gasteiger charge is -2.13. The van der Waals surface area contributed by atoms with E-state index in [0.29, 0.717) is 16.2 Å². The van der Waals surface area contributed by atoms with Crippen LogP contribution in [0.2, 0.25) is 0 Å². The van der Waals surface area contributed by atoms with Crippen LogP contribution in [0.15, 0.2) is 35.2 Å². The molecule has 1 aliphatic heterocycles. The maximum Gasteiger partial charge on any atom is 0.209 e. The maximum absolute atomic E-state index is 13.0. The van der Waals surface area contributed by atoms with Crippen molar-refractivity contribution < 1.29 is 8.42 Å². The van der Waals surface area contributed by atoms with E-state index in [1.807, 2.05) is 52.0 Å². The second kappa shape index (κ2) is 4.71. The molecule has 1 aliphatic rings. The van der Waals surface area contributed by atoms with Crippen LogP contribution in [0, 0.1) is 27.7 Å². The fourth-order valence-electron chi connectivity index (χ4n) is 3.27. The van der Waals surface area contributed by atoms with Gasteiger partial charge < -0.3 is 5.73 Å². The predicted octanol–water partition coefficient (Wildman–Crippen LogP) is 3.49. The van der Waals surface area contributed by atoms with E-state index >= 15 is 0 Å². The first-order chi connectivity index (χ1) is 10.2. The zero-order valence-corrected chi connectivity index (χ0v) is 14.0. The average Bonchev–Trinajstić information content (AvgIpc) is 2.58. The summed E-state index contributed by atoms with van der Waals surface area (Å²) in [6.07, 6.45) is 0. The number of nitrogens with two attached hydrogens (primary N) is 1. The first kappa shape index (κ1) is 14.9. The van der Waals surface area contributed by atoms with Crippen molar-refractivity contribution in [3.05, 3.63) is 63.7 Å². The summed E-state index contributed by atoms with van der Waals surface area (Å²) in [6, 6.07) is 9.28. The van der Waals surface area contributed by atoms with Gasteiger partial charge >= 0.3 is 0 Å². The quantitative estimate of drug-likeness (QED) is 0.876. The largest absolute Gasteiger partial charge is 0.397 e. The van der Waals surface area contributed by atoms with Gasteiger partial charge in [-0.25, -0.2) is 8.42 Å². The van der Waals surface area contributed by atoms with Gasteiger partial charge in [-0.1, -0.05) is 29.3 Å². The highest BCUT2D eigenvalue weighted by atomic mass is 32.2. The van der Waals surface area contributed by atoms with Gasteiger partial charge in [0.15, 0.2) is 0 Å². The molecule has 0 aliphatic carbocycles. The molecule has 1 heterocycles. The van der Waals surface area contributed by atoms with Gasteiger partial charge in [0.25, 0.3) is 0 Å². The molecule has 114 valence electrons. The normalized spacial score (nSPS) is 16.0. The maximum atomic E-state index is 13.0. The van der Waals surface area contributed by atoms with Crippen molar-refractivity contribution in [1.29, 1.82) is 0 Å². The fraction of sp³-hybridized carbons (Fsp3) is 0.222. The van der Waals surface area contributed by atoms with Gasteiger partial charge in [-0.15, -0.1) is 0 Å². The zero-order valence-electron chi connectivity index (χ0n) is 13.2. The van der Waals surface area contributed by atoms with Gasteiger partial charge in [-0.05, 0) is 51.0 Å². The van der Waals surface area contributed by atoms with E-state index in [9.17, 15) is 8.42 Å². The molecule has 3 rings (SSSR count). The Kier molecular flexibility index (Phi) is 3.18. The molecule has 0 aromatic heterocycles. The molecule has 0 amide bonds. The van der Waals surface area contributed by atoms with Gasteiger partial charge in [0.1, 0.15) is 4.91 Å². The fourth-order valence-corrected chi connectivity index (χ4v) is 5.19. The summed E-state index contributed by atoms with van der Waals surface area (Å²) in [5, 5.41) is 0. The number of fused-ring (bicyclic) bond motifs is 1. The van der Waals surface area contributed by atoms with Crippen LogP contribution in [0.1, 0.15) is 33.4 Å². The Morgan fingerprint density at radius 1 is 0.864 bits per heavy atom. The van der Waals surface area contributed by atoms with Crippen molar-refractivity contribution in [2.75, 3.05) is 0 Å². The number of benzene rings is 2. The lowest BCUT2D eigenvalue weighted by atomic mass is 9.97. The van der Waals surface area contributed by atoms with Gasteiger partial charge in [-0.2, -0.15) is 0 Å². The molecule has 0 fully saturated rings. The van der Waals surface area contributed by atoms with E-state index in [1.54, 1.807) is 6.07 Å². The lowest BCUT2D eigenvalue weighted by molar-refractivity contribution is 0.606. The molecule has 0 unspecified atom stereocenters. The third-order valence-corrected chi connectivity index (χ3v) is 6.03. The lowest BCUT2D eigenvalue weighted by Crippen LogP contribution is -2.05. The van der Waals surface area contributed by atoms with Gasteiger partial charge in [-0.3, -0.25) is 0 Å². The molecule has 0 saturated heterocycles. The molecule has 2 aromatic rings. The Labute approximate surface area is 131 Å². The molecule has 4 heteroatoms. The molecule has 0 radical (unpaired) electrons. The van der Waals surface area contributed by atoms with Crippen molar-refractivity contribution in [2.45, 2.75) is 32.6 Å². The topological polar surface area (TPSA) is 60.2 Å². The zero-order chi connectivity index (χ0) is 16.2. The van der Waals surface area contributed by atoms with Crippen molar-refractivity contribution in [2.24, 2.45) is 5.73 Å². The Morgan fingerprint density at radius 2 is 1.45 bits per heavy atom. The molecule has 3 nitrogen and oxygen atoms in total. The van der Waals surface area contributed by atoms with Crippen LogP contribution in [0.25, 0.3) is 10.6 Å². The number of hydrogen-bond donors (Lipinski definition) is 1. The van der Waals surface area contributed by atoms with Crippen LogP contribution in [-0.4, -0.2) is 8.42 Å². The van der Waals surface area contributed by atoms with E-state index in [1.165, 1.54) is 0 Å². The first-order valence-corrected chi connectivity index (χ1v) is 8.66. The van der Waals surface area contributed by atoms with E-state index in [4.69, 9.17) is 5.73 Å². The van der Waals surface area contributed by atoms with Crippen LogP contribution in [0.4, 0.5) is 0 Å². The highest BCUT2D eigenvalue weighted by Crippen LogP contribution is 2.44. The van der Waals surface area contributed by atoms with Gasteiger partial charge in [0.05, 0.1) is 10.6 Å². The smallest absolute Gasteiger partial charge is 0.209 e. The monoisotopic (exact) mass is 313 g/mol. The van der Waals surface area contributed by atoms with Crippen molar-refractivity contribution in [3.63, 3.8) is 0 Å². The Morgan fingerprint density at radius 3 is 2.05 bits per heavy atom. The van der Waals surface area contributed by atoms with Crippen LogP contribution in [-0.2, 0) is 9.84 Å². The van der Waals surface area contributed by atoms with Crippen molar-refractivity contribution >= 4 is 20.4 Å². The Balaban J connectivity index is 2.39. The molecule has 2 aromatic carbocycles. The summed E-state index contributed by atoms with van der Waals surface area (Å²) < 4.78 is 25.9. The van der Waals surface area contributed by atoms with Crippen molar-refractivity contribution in [1.82, 2.24) is 0 Å². The molecule has 2 N–H and O–H groups in total. The summed E-state index contributed by atoms with van der Waals surface area (Å²) in [4.78, 5) is 0.563. The minimum absolute atomic E-state index is 0.253. The highest BCUT2D eigenvalue weighted by Gasteiger charge is 2.36. The molecule has 0 saturated carbocycles. The number of aryl methyl sites for hydroxylation is 4. The summed E-state index contributed by atoms with van der Waals surface area (Å²) in [5.41, 5.74) is 11.9. The standard InChI is InChI=1S/C18H19NO2S/c1-10-5-6-15-14(9-10)17(19)18(22(15,20)21)16-12(3)7-11(2)8-13(16)4/h5-9H,19H2,1-4H3. The second-order valence-electron chi connectivity index (χ2n) is 6.02. The number of sulfone groups is 1. The average molecular weight is 313 g/mol. The van der Waals surface area contributed by atoms with Gasteiger partial charge in [0.2, 0.25) is 9.84 Å². The van der Waals surface area contributed by atoms with Crippen molar-refractivity contribution in [3.8, 4) is 0 Å². The van der Waals surface area contributed by atoms with Crippen LogP contribution in [0.5, 0.6) is 0 Å². The van der Waals surface area contributed by atoms with E-state index in [2.05, 4.69) is 0 Å². The molecule has 22 heavy (non-hydrogen) atoms. The first-order valence-electron chi connectivity index (χ1n) is 7.17. The Bertz CT molecular complexity index is 915. The van der Waals surface area contributed by atoms with Crippen LogP contribution >= 0.6 is 0 Å². The minimum Gasteiger partial charge on any atom is -0.397 e. The Hall–Kier alpha value is -2.07. The minimum atomic E-state index is -3.57. The van der Waals surface area contributed by atoms with E-state index in [0.717, 1.165) is 27.8 Å². The SMILES string of the molecule is Cc1cc(C)c(C2=C(N)c3cc(C)ccc3S2(=O)=O)c(C)c1. The van der Waals surface area contributed by atoms with E-state index in [-0.39, 0.29) is 4.91 Å². The summed E-state index contributed by atoms with van der Waals surface area (Å²) in [5.74, 6) is 0. The summed E-state index contributed by atoms with van der Waals surface area (Å²) in [6.45, 7) is 7.79. The number of rotatable bonds is 1. The number of hydrogen-bond acceptors (Lipinski definition) is 3. The third-order valence-electron chi connectivity index (χ3n) is 4.13. The van der Waals surface area contributed by atoms with Crippen LogP contribution in [0.3, 0.4) is 0 Å². The predicted molar refractivity (Wildman–Crippen MR) is 90.0 cm³/mol. The summed E-state index contributed by atoms with van der Waals surface area (Å²) in [7, 11) is -3.57. The van der Waals surface area contributed by atoms with E-state index < -0.39 is 9.84 Å². The summed E-state index contributed by atoms with van der Waals surface area (Å²) >= 11 is 0. The van der Waals surface area contributed by atoms with Crippen LogP contribution < -0.4 is 5.73 Å².